The highest BCUT2D eigenvalue weighted by atomic mass is 16.5. The fourth-order valence-corrected chi connectivity index (χ4v) is 3.83. The van der Waals surface area contributed by atoms with Crippen molar-refractivity contribution < 1.29 is 14.3 Å². The highest BCUT2D eigenvalue weighted by molar-refractivity contribution is 5.95. The average molecular weight is 395 g/mol. The second kappa shape index (κ2) is 8.68. The van der Waals surface area contributed by atoms with E-state index in [1.165, 1.54) is 5.56 Å². The highest BCUT2D eigenvalue weighted by Crippen LogP contribution is 2.31. The van der Waals surface area contributed by atoms with E-state index >= 15 is 0 Å². The summed E-state index contributed by atoms with van der Waals surface area (Å²) in [6.45, 7) is 7.56. The van der Waals surface area contributed by atoms with Crippen molar-refractivity contribution in [3.8, 4) is 5.75 Å². The number of likely N-dealkylation sites (tertiary alicyclic amines) is 1. The lowest BCUT2D eigenvalue weighted by atomic mass is 9.80. The summed E-state index contributed by atoms with van der Waals surface area (Å²) in [6.07, 6.45) is 1.59. The van der Waals surface area contributed by atoms with E-state index in [0.29, 0.717) is 25.2 Å². The molecule has 1 aliphatic heterocycles. The highest BCUT2D eigenvalue weighted by Gasteiger charge is 2.39. The standard InChI is InChI=1S/C24H30N2O3/c1-17-9-10-20(13-18(17)2)22(27)26-12-6-11-24(3,16-26)23(28)25-15-19-7-5-8-21(14-19)29-4/h5,7-10,13-14H,6,11-12,15-16H2,1-4H3,(H,25,28). The topological polar surface area (TPSA) is 58.6 Å². The second-order valence-corrected chi connectivity index (χ2v) is 8.22. The van der Waals surface area contributed by atoms with Crippen molar-refractivity contribution in [3.63, 3.8) is 0 Å². The normalized spacial score (nSPS) is 19.0. The fraction of sp³-hybridized carbons (Fsp3) is 0.417. The van der Waals surface area contributed by atoms with Gasteiger partial charge in [0.1, 0.15) is 5.75 Å². The van der Waals surface area contributed by atoms with E-state index < -0.39 is 5.41 Å². The SMILES string of the molecule is COc1cccc(CNC(=O)C2(C)CCCN(C(=O)c3ccc(C)c(C)c3)C2)c1. The molecule has 0 bridgehead atoms. The number of aryl methyl sites for hydroxylation is 2. The third-order valence-corrected chi connectivity index (χ3v) is 5.87. The first kappa shape index (κ1) is 20.9. The van der Waals surface area contributed by atoms with Crippen molar-refractivity contribution in [1.82, 2.24) is 10.2 Å². The zero-order valence-corrected chi connectivity index (χ0v) is 17.7. The number of piperidine rings is 1. The summed E-state index contributed by atoms with van der Waals surface area (Å²) in [6, 6.07) is 13.5. The van der Waals surface area contributed by atoms with Gasteiger partial charge in [-0.15, -0.1) is 0 Å². The zero-order chi connectivity index (χ0) is 21.0. The molecule has 1 fully saturated rings. The number of methoxy groups -OCH3 is 1. The molecule has 1 N–H and O–H groups in total. The van der Waals surface area contributed by atoms with Gasteiger partial charge in [0.05, 0.1) is 12.5 Å². The van der Waals surface area contributed by atoms with Gasteiger partial charge in [-0.2, -0.15) is 0 Å². The first-order valence-corrected chi connectivity index (χ1v) is 10.1. The van der Waals surface area contributed by atoms with Crippen LogP contribution < -0.4 is 10.1 Å². The molecule has 2 aromatic rings. The Morgan fingerprint density at radius 1 is 1.14 bits per heavy atom. The van der Waals surface area contributed by atoms with Gasteiger partial charge >= 0.3 is 0 Å². The summed E-state index contributed by atoms with van der Waals surface area (Å²) < 4.78 is 5.24. The molecule has 1 heterocycles. The molecule has 154 valence electrons. The van der Waals surface area contributed by atoms with Crippen LogP contribution in [0.25, 0.3) is 0 Å². The van der Waals surface area contributed by atoms with Gasteiger partial charge in [0.2, 0.25) is 5.91 Å². The van der Waals surface area contributed by atoms with Crippen LogP contribution >= 0.6 is 0 Å². The number of benzene rings is 2. The molecule has 0 saturated carbocycles. The Balaban J connectivity index is 1.66. The minimum Gasteiger partial charge on any atom is -0.497 e. The molecular formula is C24H30N2O3. The predicted octanol–water partition coefficient (Wildman–Crippen LogP) is 3.87. The molecule has 29 heavy (non-hydrogen) atoms. The van der Waals surface area contributed by atoms with Crippen molar-refractivity contribution in [1.29, 1.82) is 0 Å². The predicted molar refractivity (Wildman–Crippen MR) is 114 cm³/mol. The molecule has 0 spiro atoms. The molecule has 5 nitrogen and oxygen atoms in total. The zero-order valence-electron chi connectivity index (χ0n) is 17.7. The van der Waals surface area contributed by atoms with E-state index in [4.69, 9.17) is 4.74 Å². The van der Waals surface area contributed by atoms with Gasteiger partial charge in [0.15, 0.2) is 0 Å². The van der Waals surface area contributed by atoms with Gasteiger partial charge in [-0.3, -0.25) is 9.59 Å². The van der Waals surface area contributed by atoms with Gasteiger partial charge in [-0.1, -0.05) is 18.2 Å². The third-order valence-electron chi connectivity index (χ3n) is 5.87. The number of hydrogen-bond acceptors (Lipinski definition) is 3. The van der Waals surface area contributed by atoms with Crippen LogP contribution in [-0.4, -0.2) is 36.9 Å². The fourth-order valence-electron chi connectivity index (χ4n) is 3.83. The van der Waals surface area contributed by atoms with E-state index in [2.05, 4.69) is 5.32 Å². The lowest BCUT2D eigenvalue weighted by molar-refractivity contribution is -0.132. The number of nitrogens with zero attached hydrogens (tertiary/aromatic N) is 1. The van der Waals surface area contributed by atoms with Crippen LogP contribution in [-0.2, 0) is 11.3 Å². The number of nitrogens with one attached hydrogen (secondary N) is 1. The average Bonchev–Trinajstić information content (AvgIpc) is 2.73. The summed E-state index contributed by atoms with van der Waals surface area (Å²) in [7, 11) is 1.63. The van der Waals surface area contributed by atoms with Crippen LogP contribution in [0, 0.1) is 19.3 Å². The molecule has 1 atom stereocenters. The van der Waals surface area contributed by atoms with E-state index in [1.54, 1.807) is 7.11 Å². The van der Waals surface area contributed by atoms with E-state index in [9.17, 15) is 9.59 Å². The summed E-state index contributed by atoms with van der Waals surface area (Å²) in [5, 5.41) is 3.04. The maximum atomic E-state index is 13.0. The Bertz CT molecular complexity index is 909. The summed E-state index contributed by atoms with van der Waals surface area (Å²) in [5.74, 6) is 0.753. The molecule has 0 aromatic heterocycles. The molecule has 1 unspecified atom stereocenters. The van der Waals surface area contributed by atoms with E-state index in [0.717, 1.165) is 29.7 Å². The molecule has 1 aliphatic rings. The van der Waals surface area contributed by atoms with E-state index in [-0.39, 0.29) is 11.8 Å². The minimum atomic E-state index is -0.591. The number of carbonyl (C=O) groups excluding carboxylic acids is 2. The number of carbonyl (C=O) groups is 2. The maximum Gasteiger partial charge on any atom is 0.253 e. The Morgan fingerprint density at radius 3 is 2.66 bits per heavy atom. The van der Waals surface area contributed by atoms with Crippen molar-refractivity contribution in [2.45, 2.75) is 40.2 Å². The molecule has 5 heteroatoms. The maximum absolute atomic E-state index is 13.0. The molecule has 0 aliphatic carbocycles. The van der Waals surface area contributed by atoms with Crippen molar-refractivity contribution in [3.05, 3.63) is 64.7 Å². The Kier molecular flexibility index (Phi) is 6.26. The van der Waals surface area contributed by atoms with Crippen LogP contribution in [0.4, 0.5) is 0 Å². The number of hydrogen-bond donors (Lipinski definition) is 1. The van der Waals surface area contributed by atoms with Crippen LogP contribution in [0.15, 0.2) is 42.5 Å². The molecule has 2 amide bonds. The van der Waals surface area contributed by atoms with Gasteiger partial charge in [-0.25, -0.2) is 0 Å². The van der Waals surface area contributed by atoms with Gasteiger partial charge in [-0.05, 0) is 74.6 Å². The quantitative estimate of drug-likeness (QED) is 0.837. The second-order valence-electron chi connectivity index (χ2n) is 8.22. The molecule has 0 radical (unpaired) electrons. The largest absolute Gasteiger partial charge is 0.497 e. The Hall–Kier alpha value is -2.82. The monoisotopic (exact) mass is 394 g/mol. The lowest BCUT2D eigenvalue weighted by Crippen LogP contribution is -2.51. The third kappa shape index (κ3) is 4.78. The Morgan fingerprint density at radius 2 is 1.93 bits per heavy atom. The molecule has 1 saturated heterocycles. The number of rotatable bonds is 5. The van der Waals surface area contributed by atoms with Crippen molar-refractivity contribution in [2.75, 3.05) is 20.2 Å². The first-order valence-electron chi connectivity index (χ1n) is 10.1. The summed E-state index contributed by atoms with van der Waals surface area (Å²) in [5.41, 5.74) is 3.36. The molecule has 2 aromatic carbocycles. The lowest BCUT2D eigenvalue weighted by Gasteiger charge is -2.39. The van der Waals surface area contributed by atoms with Crippen molar-refractivity contribution in [2.24, 2.45) is 5.41 Å². The van der Waals surface area contributed by atoms with Crippen LogP contribution in [0.5, 0.6) is 5.75 Å². The smallest absolute Gasteiger partial charge is 0.253 e. The van der Waals surface area contributed by atoms with Gasteiger partial charge < -0.3 is 15.0 Å². The number of amides is 2. The summed E-state index contributed by atoms with van der Waals surface area (Å²) in [4.78, 5) is 27.8. The minimum absolute atomic E-state index is 0.000351. The molecule has 3 rings (SSSR count). The van der Waals surface area contributed by atoms with Gasteiger partial charge in [0.25, 0.3) is 5.91 Å². The van der Waals surface area contributed by atoms with Crippen LogP contribution in [0.3, 0.4) is 0 Å². The van der Waals surface area contributed by atoms with Crippen molar-refractivity contribution >= 4 is 11.8 Å². The van der Waals surface area contributed by atoms with Crippen LogP contribution in [0.2, 0.25) is 0 Å². The first-order chi connectivity index (χ1) is 13.8. The van der Waals surface area contributed by atoms with Gasteiger partial charge in [0, 0.05) is 25.2 Å². The van der Waals surface area contributed by atoms with Crippen LogP contribution in [0.1, 0.15) is 46.8 Å². The Labute approximate surface area is 173 Å². The number of ether oxygens (including phenoxy) is 1. The summed E-state index contributed by atoms with van der Waals surface area (Å²) >= 11 is 0. The van der Waals surface area contributed by atoms with E-state index in [1.807, 2.05) is 68.1 Å². The molecular weight excluding hydrogens is 364 g/mol.